The second-order valence-electron chi connectivity index (χ2n) is 6.02. The normalized spacial score (nSPS) is 16.3. The maximum atomic E-state index is 3.45. The maximum Gasteiger partial charge on any atom is 0.0602 e. The predicted molar refractivity (Wildman–Crippen MR) is 88.6 cm³/mol. The molecule has 1 N–H and O–H groups in total. The third-order valence-corrected chi connectivity index (χ3v) is 4.23. The van der Waals surface area contributed by atoms with Gasteiger partial charge in [0.15, 0.2) is 0 Å². The lowest BCUT2D eigenvalue weighted by Gasteiger charge is -2.36. The van der Waals surface area contributed by atoms with Crippen LogP contribution in [0.1, 0.15) is 28.3 Å². The van der Waals surface area contributed by atoms with Crippen molar-refractivity contribution in [3.63, 3.8) is 0 Å². The molecule has 2 nitrogen and oxygen atoms in total. The Balaban J connectivity index is 2.01. The van der Waals surface area contributed by atoms with E-state index in [1.807, 2.05) is 0 Å². The van der Waals surface area contributed by atoms with Crippen molar-refractivity contribution in [2.75, 3.05) is 26.2 Å². The van der Waals surface area contributed by atoms with Crippen molar-refractivity contribution in [1.29, 1.82) is 0 Å². The second-order valence-corrected chi connectivity index (χ2v) is 6.02. The molecule has 3 rings (SSSR count). The molecule has 1 aliphatic heterocycles. The van der Waals surface area contributed by atoms with Gasteiger partial charge in [-0.1, -0.05) is 59.7 Å². The number of aryl methyl sites for hydroxylation is 2. The molecule has 2 heteroatoms. The number of rotatable bonds is 3. The minimum absolute atomic E-state index is 0.368. The fraction of sp³-hybridized carbons (Fsp3) is 0.368. The molecule has 0 saturated carbocycles. The zero-order valence-electron chi connectivity index (χ0n) is 13.0. The summed E-state index contributed by atoms with van der Waals surface area (Å²) in [5.74, 6) is 0. The smallest absolute Gasteiger partial charge is 0.0602 e. The fourth-order valence-corrected chi connectivity index (χ4v) is 3.23. The van der Waals surface area contributed by atoms with E-state index in [2.05, 4.69) is 72.6 Å². The Kier molecular flexibility index (Phi) is 4.37. The Morgan fingerprint density at radius 2 is 1.38 bits per heavy atom. The number of nitrogens with one attached hydrogen (secondary N) is 1. The van der Waals surface area contributed by atoms with Crippen molar-refractivity contribution in [2.24, 2.45) is 0 Å². The highest BCUT2D eigenvalue weighted by atomic mass is 15.2. The Morgan fingerprint density at radius 3 is 1.86 bits per heavy atom. The molecule has 0 amide bonds. The molecule has 1 heterocycles. The monoisotopic (exact) mass is 280 g/mol. The molecule has 110 valence electrons. The van der Waals surface area contributed by atoms with Gasteiger partial charge in [0.2, 0.25) is 0 Å². The van der Waals surface area contributed by atoms with Crippen LogP contribution < -0.4 is 5.32 Å². The lowest BCUT2D eigenvalue weighted by molar-refractivity contribution is 0.198. The molecule has 0 spiro atoms. The first-order valence-corrected chi connectivity index (χ1v) is 7.82. The predicted octanol–water partition coefficient (Wildman–Crippen LogP) is 3.30. The van der Waals surface area contributed by atoms with Gasteiger partial charge >= 0.3 is 0 Å². The van der Waals surface area contributed by atoms with Gasteiger partial charge in [-0.15, -0.1) is 0 Å². The minimum Gasteiger partial charge on any atom is -0.314 e. The third-order valence-electron chi connectivity index (χ3n) is 4.23. The molecule has 0 unspecified atom stereocenters. The molecule has 0 aliphatic carbocycles. The van der Waals surface area contributed by atoms with Crippen molar-refractivity contribution in [3.05, 3.63) is 70.8 Å². The van der Waals surface area contributed by atoms with E-state index in [0.717, 1.165) is 26.2 Å². The van der Waals surface area contributed by atoms with Crippen LogP contribution in [0.5, 0.6) is 0 Å². The Labute approximate surface area is 127 Å². The highest BCUT2D eigenvalue weighted by Gasteiger charge is 2.23. The average molecular weight is 280 g/mol. The zero-order valence-corrected chi connectivity index (χ0v) is 13.0. The molecule has 1 aliphatic rings. The summed E-state index contributed by atoms with van der Waals surface area (Å²) in [5.41, 5.74) is 5.48. The van der Waals surface area contributed by atoms with Crippen LogP contribution in [-0.2, 0) is 0 Å². The maximum absolute atomic E-state index is 3.45. The molecule has 21 heavy (non-hydrogen) atoms. The molecule has 0 radical (unpaired) electrons. The van der Waals surface area contributed by atoms with Gasteiger partial charge in [-0.3, -0.25) is 4.90 Å². The van der Waals surface area contributed by atoms with E-state index in [1.54, 1.807) is 0 Å². The van der Waals surface area contributed by atoms with Crippen molar-refractivity contribution < 1.29 is 0 Å². The van der Waals surface area contributed by atoms with Crippen LogP contribution in [0.2, 0.25) is 0 Å². The Bertz CT molecular complexity index is 555. The van der Waals surface area contributed by atoms with E-state index < -0.39 is 0 Å². The summed E-state index contributed by atoms with van der Waals surface area (Å²) < 4.78 is 0. The van der Waals surface area contributed by atoms with E-state index in [1.165, 1.54) is 22.3 Å². The summed E-state index contributed by atoms with van der Waals surface area (Å²) in [4.78, 5) is 2.60. The summed E-state index contributed by atoms with van der Waals surface area (Å²) in [6.45, 7) is 8.71. The topological polar surface area (TPSA) is 15.3 Å². The molecule has 0 atom stereocenters. The summed E-state index contributed by atoms with van der Waals surface area (Å²) >= 11 is 0. The van der Waals surface area contributed by atoms with Crippen LogP contribution >= 0.6 is 0 Å². The van der Waals surface area contributed by atoms with E-state index >= 15 is 0 Å². The zero-order chi connectivity index (χ0) is 14.7. The number of hydrogen-bond acceptors (Lipinski definition) is 2. The van der Waals surface area contributed by atoms with Gasteiger partial charge < -0.3 is 5.32 Å². The first-order valence-electron chi connectivity index (χ1n) is 7.82. The van der Waals surface area contributed by atoms with Gasteiger partial charge in [-0.25, -0.2) is 0 Å². The molecular formula is C19H24N2. The van der Waals surface area contributed by atoms with Gasteiger partial charge in [0.25, 0.3) is 0 Å². The van der Waals surface area contributed by atoms with Crippen molar-refractivity contribution in [1.82, 2.24) is 10.2 Å². The second kappa shape index (κ2) is 6.42. The van der Waals surface area contributed by atoms with Gasteiger partial charge in [0, 0.05) is 26.2 Å². The molecular weight excluding hydrogens is 256 g/mol. The third kappa shape index (κ3) is 3.34. The minimum atomic E-state index is 0.368. The van der Waals surface area contributed by atoms with Crippen LogP contribution in [0.15, 0.2) is 48.5 Å². The van der Waals surface area contributed by atoms with Crippen LogP contribution in [0.25, 0.3) is 0 Å². The molecule has 1 fully saturated rings. The summed E-state index contributed by atoms with van der Waals surface area (Å²) in [5, 5.41) is 3.45. The number of nitrogens with zero attached hydrogens (tertiary/aromatic N) is 1. The van der Waals surface area contributed by atoms with E-state index in [-0.39, 0.29) is 0 Å². The van der Waals surface area contributed by atoms with Crippen LogP contribution in [0, 0.1) is 13.8 Å². The van der Waals surface area contributed by atoms with Crippen LogP contribution in [-0.4, -0.2) is 31.1 Å². The van der Waals surface area contributed by atoms with Crippen LogP contribution in [0.4, 0.5) is 0 Å². The fourth-order valence-electron chi connectivity index (χ4n) is 3.23. The summed E-state index contributed by atoms with van der Waals surface area (Å²) in [7, 11) is 0. The lowest BCUT2D eigenvalue weighted by Crippen LogP contribution is -2.45. The summed E-state index contributed by atoms with van der Waals surface area (Å²) in [6.07, 6.45) is 0. The van der Waals surface area contributed by atoms with Gasteiger partial charge in [0.05, 0.1) is 6.04 Å². The molecule has 0 bridgehead atoms. The van der Waals surface area contributed by atoms with Gasteiger partial charge in [0.1, 0.15) is 0 Å². The molecule has 2 aromatic carbocycles. The van der Waals surface area contributed by atoms with E-state index in [4.69, 9.17) is 0 Å². The first-order chi connectivity index (χ1) is 10.2. The van der Waals surface area contributed by atoms with Crippen molar-refractivity contribution in [2.45, 2.75) is 19.9 Å². The standard InChI is InChI=1S/C19H24N2/c1-15-5-3-7-17(13-15)19(21-11-9-20-10-12-21)18-8-4-6-16(2)14-18/h3-8,13-14,19-20H,9-12H2,1-2H3. The van der Waals surface area contributed by atoms with Crippen molar-refractivity contribution >= 4 is 0 Å². The van der Waals surface area contributed by atoms with Gasteiger partial charge in [-0.2, -0.15) is 0 Å². The van der Waals surface area contributed by atoms with E-state index in [9.17, 15) is 0 Å². The highest BCUT2D eigenvalue weighted by Crippen LogP contribution is 2.29. The summed E-state index contributed by atoms with van der Waals surface area (Å²) in [6, 6.07) is 18.3. The van der Waals surface area contributed by atoms with E-state index in [0.29, 0.717) is 6.04 Å². The number of hydrogen-bond donors (Lipinski definition) is 1. The quantitative estimate of drug-likeness (QED) is 0.928. The van der Waals surface area contributed by atoms with Crippen LogP contribution in [0.3, 0.4) is 0 Å². The Morgan fingerprint density at radius 1 is 0.857 bits per heavy atom. The molecule has 2 aromatic rings. The number of benzene rings is 2. The van der Waals surface area contributed by atoms with Crippen molar-refractivity contribution in [3.8, 4) is 0 Å². The first kappa shape index (κ1) is 14.3. The largest absolute Gasteiger partial charge is 0.314 e. The molecule has 1 saturated heterocycles. The number of piperazine rings is 1. The average Bonchev–Trinajstić information content (AvgIpc) is 2.49. The SMILES string of the molecule is Cc1cccc(C(c2cccc(C)c2)N2CCNCC2)c1. The Hall–Kier alpha value is -1.64. The lowest BCUT2D eigenvalue weighted by atomic mass is 9.94. The highest BCUT2D eigenvalue weighted by molar-refractivity contribution is 5.36. The molecule has 0 aromatic heterocycles. The van der Waals surface area contributed by atoms with Gasteiger partial charge in [-0.05, 0) is 25.0 Å².